The van der Waals surface area contributed by atoms with Crippen molar-refractivity contribution in [2.75, 3.05) is 45.1 Å². The summed E-state index contributed by atoms with van der Waals surface area (Å²) >= 11 is 5.23. The highest BCUT2D eigenvalue weighted by atomic mass is 32.1. The monoisotopic (exact) mass is 355 g/mol. The average molecular weight is 355 g/mol. The molecule has 24 heavy (non-hydrogen) atoms. The molecular weight excluding hydrogens is 330 g/mol. The van der Waals surface area contributed by atoms with E-state index in [2.05, 4.69) is 16.0 Å². The van der Waals surface area contributed by atoms with Crippen LogP contribution in [0.5, 0.6) is 11.5 Å². The van der Waals surface area contributed by atoms with E-state index in [9.17, 15) is 4.79 Å². The third-order valence-electron chi connectivity index (χ3n) is 3.14. The van der Waals surface area contributed by atoms with Crippen LogP contribution < -0.4 is 25.4 Å². The van der Waals surface area contributed by atoms with Gasteiger partial charge in [-0.2, -0.15) is 0 Å². The van der Waals surface area contributed by atoms with Crippen molar-refractivity contribution in [3.8, 4) is 11.5 Å². The molecule has 1 rings (SSSR count). The molecule has 0 atom stereocenters. The molecule has 1 amide bonds. The van der Waals surface area contributed by atoms with Crippen molar-refractivity contribution in [3.05, 3.63) is 12.1 Å². The Morgan fingerprint density at radius 3 is 2.08 bits per heavy atom. The molecule has 0 bridgehead atoms. The quantitative estimate of drug-likeness (QED) is 0.487. The predicted molar refractivity (Wildman–Crippen MR) is 99.1 cm³/mol. The number of amides is 1. The van der Waals surface area contributed by atoms with E-state index >= 15 is 0 Å². The van der Waals surface area contributed by atoms with Crippen LogP contribution in [0.4, 0.5) is 11.4 Å². The molecule has 8 heteroatoms. The number of benzene rings is 1. The van der Waals surface area contributed by atoms with Gasteiger partial charge in [-0.3, -0.25) is 4.79 Å². The molecule has 0 aliphatic rings. The van der Waals surface area contributed by atoms with Crippen LogP contribution in [0.1, 0.15) is 13.8 Å². The van der Waals surface area contributed by atoms with Crippen LogP contribution in [0.3, 0.4) is 0 Å². The number of hydrogen-bond acceptors (Lipinski definition) is 5. The van der Waals surface area contributed by atoms with Crippen molar-refractivity contribution in [3.63, 3.8) is 0 Å². The van der Waals surface area contributed by atoms with Gasteiger partial charge in [0.15, 0.2) is 5.11 Å². The van der Waals surface area contributed by atoms with E-state index in [1.807, 2.05) is 13.8 Å². The van der Waals surface area contributed by atoms with Crippen LogP contribution in [0.2, 0.25) is 0 Å². The Morgan fingerprint density at radius 2 is 1.62 bits per heavy atom. The maximum absolute atomic E-state index is 11.9. The van der Waals surface area contributed by atoms with E-state index in [-0.39, 0.29) is 11.8 Å². The molecule has 0 heterocycles. The Bertz CT molecular complexity index is 579. The van der Waals surface area contributed by atoms with Crippen LogP contribution in [-0.4, -0.2) is 45.5 Å². The number of carbonyl (C=O) groups excluding carboxylic acids is 1. The number of thiocarbonyl (C=S) groups is 1. The van der Waals surface area contributed by atoms with Crippen molar-refractivity contribution in [2.45, 2.75) is 13.8 Å². The lowest BCUT2D eigenvalue weighted by Crippen LogP contribution is -2.31. The Labute approximate surface area is 148 Å². The summed E-state index contributed by atoms with van der Waals surface area (Å²) < 4.78 is 15.7. The molecule has 1 aromatic rings. The molecule has 0 aromatic heterocycles. The Morgan fingerprint density at radius 1 is 1.08 bits per heavy atom. The van der Waals surface area contributed by atoms with Crippen LogP contribution in [-0.2, 0) is 9.53 Å². The summed E-state index contributed by atoms with van der Waals surface area (Å²) in [4.78, 5) is 11.9. The summed E-state index contributed by atoms with van der Waals surface area (Å²) in [6, 6.07) is 3.41. The van der Waals surface area contributed by atoms with Gasteiger partial charge in [0.25, 0.3) is 0 Å². The third-order valence-corrected chi connectivity index (χ3v) is 3.39. The fourth-order valence-electron chi connectivity index (χ4n) is 1.80. The standard InChI is InChI=1S/C16H25N3O4S/c1-10(2)15(20)18-11-8-14(23-5)12(9-13(11)22-4)19-16(24)17-6-7-21-3/h8-10H,6-7H2,1-5H3,(H,18,20)(H2,17,19,24). The van der Waals surface area contributed by atoms with Crippen LogP contribution in [0.25, 0.3) is 0 Å². The molecule has 0 aliphatic heterocycles. The molecule has 0 fully saturated rings. The van der Waals surface area contributed by atoms with Crippen molar-refractivity contribution in [1.82, 2.24) is 5.32 Å². The Kier molecular flexibility index (Phi) is 8.28. The summed E-state index contributed by atoms with van der Waals surface area (Å²) in [7, 11) is 4.70. The zero-order valence-corrected chi connectivity index (χ0v) is 15.5. The summed E-state index contributed by atoms with van der Waals surface area (Å²) in [6.45, 7) is 4.77. The van der Waals surface area contributed by atoms with Crippen LogP contribution >= 0.6 is 12.2 Å². The molecule has 0 aliphatic carbocycles. The molecular formula is C16H25N3O4S. The Hall–Kier alpha value is -2.06. The van der Waals surface area contributed by atoms with Gasteiger partial charge in [-0.05, 0) is 12.2 Å². The number of anilines is 2. The second-order valence-corrected chi connectivity index (χ2v) is 5.68. The lowest BCUT2D eigenvalue weighted by Gasteiger charge is -2.18. The first-order valence-electron chi connectivity index (χ1n) is 7.53. The average Bonchev–Trinajstić information content (AvgIpc) is 2.55. The largest absolute Gasteiger partial charge is 0.494 e. The normalized spacial score (nSPS) is 10.2. The van der Waals surface area contributed by atoms with Gasteiger partial charge in [0.1, 0.15) is 11.5 Å². The second-order valence-electron chi connectivity index (χ2n) is 5.27. The van der Waals surface area contributed by atoms with E-state index in [4.69, 9.17) is 26.4 Å². The topological polar surface area (TPSA) is 80.9 Å². The minimum atomic E-state index is -0.143. The maximum atomic E-state index is 11.9. The number of rotatable bonds is 8. The van der Waals surface area contributed by atoms with Crippen molar-refractivity contribution < 1.29 is 19.0 Å². The van der Waals surface area contributed by atoms with Gasteiger partial charge in [-0.25, -0.2) is 0 Å². The summed E-state index contributed by atoms with van der Waals surface area (Å²) in [5.41, 5.74) is 1.17. The van der Waals surface area contributed by atoms with E-state index in [1.54, 1.807) is 26.4 Å². The molecule has 7 nitrogen and oxygen atoms in total. The van der Waals surface area contributed by atoms with E-state index in [0.717, 1.165) is 0 Å². The van der Waals surface area contributed by atoms with E-state index < -0.39 is 0 Å². The number of methoxy groups -OCH3 is 3. The molecule has 134 valence electrons. The molecule has 0 saturated heterocycles. The molecule has 0 spiro atoms. The maximum Gasteiger partial charge on any atom is 0.227 e. The van der Waals surface area contributed by atoms with Crippen molar-refractivity contribution in [1.29, 1.82) is 0 Å². The van der Waals surface area contributed by atoms with Gasteiger partial charge in [-0.1, -0.05) is 13.8 Å². The van der Waals surface area contributed by atoms with E-state index in [0.29, 0.717) is 41.1 Å². The fourth-order valence-corrected chi connectivity index (χ4v) is 2.02. The fraction of sp³-hybridized carbons (Fsp3) is 0.500. The highest BCUT2D eigenvalue weighted by Gasteiger charge is 2.15. The van der Waals surface area contributed by atoms with E-state index in [1.165, 1.54) is 7.11 Å². The van der Waals surface area contributed by atoms with Gasteiger partial charge >= 0.3 is 0 Å². The third kappa shape index (κ3) is 5.86. The lowest BCUT2D eigenvalue weighted by atomic mass is 10.2. The molecule has 0 saturated carbocycles. The van der Waals surface area contributed by atoms with Crippen LogP contribution in [0.15, 0.2) is 12.1 Å². The van der Waals surface area contributed by atoms with Gasteiger partial charge < -0.3 is 30.2 Å². The first-order valence-corrected chi connectivity index (χ1v) is 7.94. The van der Waals surface area contributed by atoms with Crippen molar-refractivity contribution >= 4 is 34.6 Å². The Balaban J connectivity index is 2.97. The first kappa shape index (κ1) is 20.0. The number of hydrogen-bond donors (Lipinski definition) is 3. The van der Waals surface area contributed by atoms with Gasteiger partial charge in [0, 0.05) is 31.7 Å². The molecule has 1 aromatic carbocycles. The zero-order valence-electron chi connectivity index (χ0n) is 14.7. The highest BCUT2D eigenvalue weighted by molar-refractivity contribution is 7.80. The minimum absolute atomic E-state index is 0.104. The number of carbonyl (C=O) groups is 1. The molecule has 0 radical (unpaired) electrons. The van der Waals surface area contributed by atoms with Gasteiger partial charge in [0.2, 0.25) is 5.91 Å². The number of ether oxygens (including phenoxy) is 3. The number of nitrogens with one attached hydrogen (secondary N) is 3. The van der Waals surface area contributed by atoms with Crippen molar-refractivity contribution in [2.24, 2.45) is 5.92 Å². The highest BCUT2D eigenvalue weighted by Crippen LogP contribution is 2.36. The summed E-state index contributed by atoms with van der Waals surface area (Å²) in [6.07, 6.45) is 0. The predicted octanol–water partition coefficient (Wildman–Crippen LogP) is 2.23. The molecule has 0 unspecified atom stereocenters. The zero-order chi connectivity index (χ0) is 18.1. The smallest absolute Gasteiger partial charge is 0.227 e. The second kappa shape index (κ2) is 9.94. The van der Waals surface area contributed by atoms with Gasteiger partial charge in [0.05, 0.1) is 32.2 Å². The minimum Gasteiger partial charge on any atom is -0.494 e. The lowest BCUT2D eigenvalue weighted by molar-refractivity contribution is -0.118. The summed E-state index contributed by atoms with van der Waals surface area (Å²) in [5, 5.41) is 9.32. The summed E-state index contributed by atoms with van der Waals surface area (Å²) in [5.74, 6) is 0.793. The molecule has 3 N–H and O–H groups in total. The van der Waals surface area contributed by atoms with Gasteiger partial charge in [-0.15, -0.1) is 0 Å². The SMILES string of the molecule is COCCNC(=S)Nc1cc(OC)c(NC(=O)C(C)C)cc1OC. The van der Waals surface area contributed by atoms with Crippen LogP contribution in [0, 0.1) is 5.92 Å². The first-order chi connectivity index (χ1) is 11.4.